The molecule has 0 amide bonds. The normalized spacial score (nSPS) is 18.3. The fraction of sp³-hybridized carbons (Fsp3) is 0.450. The van der Waals surface area contributed by atoms with Gasteiger partial charge in [0.2, 0.25) is 5.89 Å². The van der Waals surface area contributed by atoms with Crippen LogP contribution in [0.4, 0.5) is 5.69 Å². The molecule has 1 saturated heterocycles. The van der Waals surface area contributed by atoms with Crippen LogP contribution in [-0.2, 0) is 13.6 Å². The van der Waals surface area contributed by atoms with Crippen molar-refractivity contribution in [2.75, 3.05) is 31.1 Å². The highest BCUT2D eigenvalue weighted by Gasteiger charge is 2.28. The van der Waals surface area contributed by atoms with E-state index in [9.17, 15) is 4.79 Å². The van der Waals surface area contributed by atoms with Gasteiger partial charge >= 0.3 is 0 Å². The molecule has 2 aliphatic rings. The van der Waals surface area contributed by atoms with Crippen molar-refractivity contribution < 1.29 is 4.42 Å². The monoisotopic (exact) mass is 365 g/mol. The summed E-state index contributed by atoms with van der Waals surface area (Å²) in [7, 11) is 1.73. The van der Waals surface area contributed by atoms with E-state index in [4.69, 9.17) is 4.42 Å². The zero-order chi connectivity index (χ0) is 18.4. The first-order valence-corrected chi connectivity index (χ1v) is 9.55. The third-order valence-corrected chi connectivity index (χ3v) is 5.55. The number of rotatable bonds is 4. The molecule has 1 saturated carbocycles. The van der Waals surface area contributed by atoms with Gasteiger partial charge < -0.3 is 13.9 Å². The zero-order valence-corrected chi connectivity index (χ0v) is 15.5. The lowest BCUT2D eigenvalue weighted by Crippen LogP contribution is -2.46. The molecule has 1 aliphatic heterocycles. The van der Waals surface area contributed by atoms with Crippen molar-refractivity contribution in [2.24, 2.45) is 7.05 Å². The molecule has 5 rings (SSSR count). The van der Waals surface area contributed by atoms with Gasteiger partial charge in [0.25, 0.3) is 5.56 Å². The van der Waals surface area contributed by atoms with Crippen LogP contribution < -0.4 is 10.5 Å². The first-order valence-electron chi connectivity index (χ1n) is 9.55. The molecule has 27 heavy (non-hydrogen) atoms. The second kappa shape index (κ2) is 6.49. The van der Waals surface area contributed by atoms with Crippen LogP contribution in [-0.4, -0.2) is 45.6 Å². The lowest BCUT2D eigenvalue weighted by Gasteiger charge is -2.35. The molecule has 7 heteroatoms. The Bertz CT molecular complexity index is 1030. The largest absolute Gasteiger partial charge is 0.444 e. The predicted octanol–water partition coefficient (Wildman–Crippen LogP) is 2.12. The number of aromatic nitrogens is 3. The second-order valence-electron chi connectivity index (χ2n) is 7.56. The van der Waals surface area contributed by atoms with Gasteiger partial charge in [-0.3, -0.25) is 9.69 Å². The Hall–Kier alpha value is -2.67. The van der Waals surface area contributed by atoms with Gasteiger partial charge in [-0.25, -0.2) is 9.97 Å². The van der Waals surface area contributed by atoms with Crippen molar-refractivity contribution in [3.8, 4) is 0 Å². The van der Waals surface area contributed by atoms with Crippen molar-refractivity contribution in [1.29, 1.82) is 0 Å². The highest BCUT2D eigenvalue weighted by Crippen LogP contribution is 2.40. The summed E-state index contributed by atoms with van der Waals surface area (Å²) in [6.07, 6.45) is 5.95. The molecule has 1 aromatic carbocycles. The summed E-state index contributed by atoms with van der Waals surface area (Å²) in [5.74, 6) is 2.50. The first kappa shape index (κ1) is 16.5. The Labute approximate surface area is 157 Å². The van der Waals surface area contributed by atoms with E-state index in [1.165, 1.54) is 17.4 Å². The summed E-state index contributed by atoms with van der Waals surface area (Å²) in [6, 6.07) is 5.93. The standard InChI is InChI=1S/C20H23N5O2/c1-23-13-22-17-10-15(4-5-16(17)20(23)26)25-8-6-24(7-9-25)12-19-21-11-18(27-19)14-2-3-14/h4-5,10-11,13-14H,2-3,6-9,12H2,1H3. The number of fused-ring (bicyclic) bond motifs is 1. The van der Waals surface area contributed by atoms with Crippen LogP contribution in [0.5, 0.6) is 0 Å². The van der Waals surface area contributed by atoms with Crippen LogP contribution >= 0.6 is 0 Å². The van der Waals surface area contributed by atoms with Crippen molar-refractivity contribution >= 4 is 16.6 Å². The molecule has 1 aliphatic carbocycles. The summed E-state index contributed by atoms with van der Waals surface area (Å²) in [6.45, 7) is 4.57. The Morgan fingerprint density at radius 1 is 1.15 bits per heavy atom. The third-order valence-electron chi connectivity index (χ3n) is 5.55. The summed E-state index contributed by atoms with van der Waals surface area (Å²) in [5.41, 5.74) is 1.87. The van der Waals surface area contributed by atoms with E-state index in [0.717, 1.165) is 55.6 Å². The van der Waals surface area contributed by atoms with Gasteiger partial charge in [0.15, 0.2) is 0 Å². The van der Waals surface area contributed by atoms with E-state index in [-0.39, 0.29) is 5.56 Å². The number of nitrogens with zero attached hydrogens (tertiary/aromatic N) is 5. The van der Waals surface area contributed by atoms with Crippen LogP contribution in [0.1, 0.15) is 30.4 Å². The van der Waals surface area contributed by atoms with Crippen molar-refractivity contribution in [3.05, 3.63) is 52.7 Å². The highest BCUT2D eigenvalue weighted by atomic mass is 16.4. The number of benzene rings is 1. The third kappa shape index (κ3) is 3.23. The quantitative estimate of drug-likeness (QED) is 0.706. The maximum absolute atomic E-state index is 12.2. The minimum atomic E-state index is -0.00659. The van der Waals surface area contributed by atoms with Gasteiger partial charge in [0.05, 0.1) is 30.0 Å². The molecule has 0 spiro atoms. The van der Waals surface area contributed by atoms with E-state index in [1.54, 1.807) is 13.4 Å². The molecule has 3 heterocycles. The number of oxazole rings is 1. The maximum atomic E-state index is 12.2. The van der Waals surface area contributed by atoms with Gasteiger partial charge in [0, 0.05) is 44.8 Å². The molecule has 2 fully saturated rings. The molecular formula is C20H23N5O2. The van der Waals surface area contributed by atoms with Gasteiger partial charge in [-0.05, 0) is 31.0 Å². The van der Waals surface area contributed by atoms with Crippen molar-refractivity contribution in [2.45, 2.75) is 25.3 Å². The number of aryl methyl sites for hydroxylation is 1. The lowest BCUT2D eigenvalue weighted by molar-refractivity contribution is 0.224. The molecule has 140 valence electrons. The summed E-state index contributed by atoms with van der Waals surface area (Å²) < 4.78 is 7.40. The fourth-order valence-electron chi connectivity index (χ4n) is 3.71. The molecule has 0 atom stereocenters. The number of hydrogen-bond acceptors (Lipinski definition) is 6. The Morgan fingerprint density at radius 3 is 2.74 bits per heavy atom. The Balaban J connectivity index is 1.25. The van der Waals surface area contributed by atoms with Crippen LogP contribution in [0, 0.1) is 0 Å². The summed E-state index contributed by atoms with van der Waals surface area (Å²) in [5, 5.41) is 0.665. The molecule has 0 N–H and O–H groups in total. The number of hydrogen-bond donors (Lipinski definition) is 0. The number of anilines is 1. The predicted molar refractivity (Wildman–Crippen MR) is 103 cm³/mol. The Kier molecular flexibility index (Phi) is 3.97. The average Bonchev–Trinajstić information content (AvgIpc) is 3.45. The van der Waals surface area contributed by atoms with Crippen molar-refractivity contribution in [3.63, 3.8) is 0 Å². The lowest BCUT2D eigenvalue weighted by atomic mass is 10.2. The van der Waals surface area contributed by atoms with Gasteiger partial charge in [-0.1, -0.05) is 0 Å². The summed E-state index contributed by atoms with van der Waals surface area (Å²) >= 11 is 0. The van der Waals surface area contributed by atoms with Crippen LogP contribution in [0.15, 0.2) is 39.9 Å². The molecule has 0 unspecified atom stereocenters. The van der Waals surface area contributed by atoms with Crippen LogP contribution in [0.2, 0.25) is 0 Å². The van der Waals surface area contributed by atoms with E-state index in [0.29, 0.717) is 11.3 Å². The minimum absolute atomic E-state index is 0.00659. The summed E-state index contributed by atoms with van der Waals surface area (Å²) in [4.78, 5) is 25.7. The fourth-order valence-corrected chi connectivity index (χ4v) is 3.71. The van der Waals surface area contributed by atoms with E-state index < -0.39 is 0 Å². The average molecular weight is 365 g/mol. The molecule has 0 radical (unpaired) electrons. The van der Waals surface area contributed by atoms with Gasteiger partial charge in [-0.2, -0.15) is 0 Å². The Morgan fingerprint density at radius 2 is 1.96 bits per heavy atom. The molecule has 3 aromatic rings. The van der Waals surface area contributed by atoms with Crippen molar-refractivity contribution in [1.82, 2.24) is 19.4 Å². The number of piperazine rings is 1. The zero-order valence-electron chi connectivity index (χ0n) is 15.5. The first-order chi connectivity index (χ1) is 13.2. The smallest absolute Gasteiger partial charge is 0.260 e. The molecule has 2 aromatic heterocycles. The van der Waals surface area contributed by atoms with Gasteiger partial charge in [0.1, 0.15) is 5.76 Å². The van der Waals surface area contributed by atoms with E-state index >= 15 is 0 Å². The second-order valence-corrected chi connectivity index (χ2v) is 7.56. The topological polar surface area (TPSA) is 67.4 Å². The van der Waals surface area contributed by atoms with Gasteiger partial charge in [-0.15, -0.1) is 0 Å². The highest BCUT2D eigenvalue weighted by molar-refractivity contribution is 5.81. The van der Waals surface area contributed by atoms with Crippen LogP contribution in [0.3, 0.4) is 0 Å². The minimum Gasteiger partial charge on any atom is -0.444 e. The SMILES string of the molecule is Cn1cnc2cc(N3CCN(Cc4ncc(C5CC5)o4)CC3)ccc2c1=O. The molecule has 0 bridgehead atoms. The van der Waals surface area contributed by atoms with Crippen LogP contribution in [0.25, 0.3) is 10.9 Å². The molecular weight excluding hydrogens is 342 g/mol. The van der Waals surface area contributed by atoms with E-state index in [2.05, 4.69) is 19.8 Å². The molecule has 7 nitrogen and oxygen atoms in total. The van der Waals surface area contributed by atoms with E-state index in [1.807, 2.05) is 24.4 Å². The maximum Gasteiger partial charge on any atom is 0.260 e.